The first-order valence-corrected chi connectivity index (χ1v) is 5.18. The minimum atomic E-state index is -1.33. The van der Waals surface area contributed by atoms with E-state index in [0.29, 0.717) is 0 Å². The van der Waals surface area contributed by atoms with Gasteiger partial charge in [-0.3, -0.25) is 0 Å². The van der Waals surface area contributed by atoms with E-state index in [1.54, 1.807) is 6.92 Å². The number of ether oxygens (including phenoxy) is 3. The van der Waals surface area contributed by atoms with Crippen LogP contribution in [0, 0.1) is 0 Å². The zero-order chi connectivity index (χ0) is 13.3. The van der Waals surface area contributed by atoms with Crippen LogP contribution in [0.1, 0.15) is 27.6 Å². The maximum atomic E-state index is 11.7. The van der Waals surface area contributed by atoms with Crippen LogP contribution in [-0.4, -0.2) is 30.4 Å². The highest BCUT2D eigenvalue weighted by Crippen LogP contribution is 2.41. The molecule has 1 aromatic rings. The van der Waals surface area contributed by atoms with Crippen molar-refractivity contribution in [2.24, 2.45) is 0 Å². The van der Waals surface area contributed by atoms with E-state index in [-0.39, 0.29) is 41.7 Å². The Balaban J connectivity index is 2.61. The molecule has 1 aliphatic heterocycles. The second-order valence-electron chi connectivity index (χ2n) is 3.47. The third-order valence-corrected chi connectivity index (χ3v) is 2.41. The molecule has 0 saturated carbocycles. The predicted molar refractivity (Wildman–Crippen MR) is 59.9 cm³/mol. The summed E-state index contributed by atoms with van der Waals surface area (Å²) < 4.78 is 14.9. The number of fused-ring (bicyclic) bond motifs is 1. The van der Waals surface area contributed by atoms with E-state index in [2.05, 4.69) is 0 Å². The summed E-state index contributed by atoms with van der Waals surface area (Å²) in [5.41, 5.74) is 5.06. The van der Waals surface area contributed by atoms with E-state index in [1.807, 2.05) is 0 Å². The highest BCUT2D eigenvalue weighted by Gasteiger charge is 2.29. The van der Waals surface area contributed by atoms with Crippen molar-refractivity contribution in [2.75, 3.05) is 19.1 Å². The van der Waals surface area contributed by atoms with Crippen LogP contribution in [0.3, 0.4) is 0 Å². The fourth-order valence-electron chi connectivity index (χ4n) is 1.67. The first-order chi connectivity index (χ1) is 8.56. The first-order valence-electron chi connectivity index (χ1n) is 5.18. The number of carbonyl (C=O) groups is 2. The molecule has 96 valence electrons. The highest BCUT2D eigenvalue weighted by atomic mass is 16.7. The van der Waals surface area contributed by atoms with Gasteiger partial charge in [0, 0.05) is 0 Å². The van der Waals surface area contributed by atoms with E-state index in [9.17, 15) is 9.59 Å². The molecule has 0 unspecified atom stereocenters. The summed E-state index contributed by atoms with van der Waals surface area (Å²) in [7, 11) is 0. The molecule has 0 aromatic heterocycles. The normalized spacial score (nSPS) is 12.3. The van der Waals surface area contributed by atoms with Crippen molar-refractivity contribution in [1.29, 1.82) is 0 Å². The van der Waals surface area contributed by atoms with Gasteiger partial charge >= 0.3 is 11.9 Å². The Labute approximate surface area is 102 Å². The van der Waals surface area contributed by atoms with Crippen molar-refractivity contribution >= 4 is 17.6 Å². The van der Waals surface area contributed by atoms with E-state index in [0.717, 1.165) is 0 Å². The number of nitrogens with two attached hydrogens (primary N) is 1. The maximum absolute atomic E-state index is 11.7. The van der Waals surface area contributed by atoms with E-state index < -0.39 is 11.9 Å². The van der Waals surface area contributed by atoms with E-state index in [1.165, 1.54) is 6.07 Å². The molecule has 7 heteroatoms. The third kappa shape index (κ3) is 1.79. The van der Waals surface area contributed by atoms with Gasteiger partial charge in [0.05, 0.1) is 17.9 Å². The van der Waals surface area contributed by atoms with E-state index >= 15 is 0 Å². The minimum Gasteiger partial charge on any atom is -0.478 e. The zero-order valence-corrected chi connectivity index (χ0v) is 9.56. The Hall–Kier alpha value is -2.44. The molecule has 0 saturated heterocycles. The summed E-state index contributed by atoms with van der Waals surface area (Å²) in [4.78, 5) is 22.9. The summed E-state index contributed by atoms with van der Waals surface area (Å²) in [6.45, 7) is 1.69. The SMILES string of the molecule is CCOC(=O)c1cc2c(c(N)c1C(=O)O)OCO2. The molecule has 1 heterocycles. The van der Waals surface area contributed by atoms with Gasteiger partial charge in [-0.2, -0.15) is 0 Å². The standard InChI is InChI=1S/C11H11NO6/c1-2-16-11(15)5-3-6-9(18-4-17-6)8(12)7(5)10(13)14/h3H,2,4,12H2,1H3,(H,13,14). The monoisotopic (exact) mass is 253 g/mol. The van der Waals surface area contributed by atoms with Crippen molar-refractivity contribution in [3.8, 4) is 11.5 Å². The van der Waals surface area contributed by atoms with Crippen LogP contribution in [0.15, 0.2) is 6.07 Å². The fourth-order valence-corrected chi connectivity index (χ4v) is 1.67. The molecule has 2 rings (SSSR count). The van der Waals surface area contributed by atoms with Crippen LogP contribution < -0.4 is 15.2 Å². The topological polar surface area (TPSA) is 108 Å². The molecule has 0 radical (unpaired) electrons. The summed E-state index contributed by atoms with van der Waals surface area (Å²) in [5.74, 6) is -1.71. The Morgan fingerprint density at radius 1 is 1.50 bits per heavy atom. The molecule has 3 N–H and O–H groups in total. The van der Waals surface area contributed by atoms with Crippen molar-refractivity contribution in [1.82, 2.24) is 0 Å². The summed E-state index contributed by atoms with van der Waals surface area (Å²) in [6.07, 6.45) is 0. The van der Waals surface area contributed by atoms with Crippen molar-refractivity contribution < 1.29 is 28.9 Å². The molecular formula is C11H11NO6. The number of aromatic carboxylic acids is 1. The van der Waals surface area contributed by atoms with Gasteiger partial charge < -0.3 is 25.1 Å². The maximum Gasteiger partial charge on any atom is 0.339 e. The van der Waals surface area contributed by atoms with Gasteiger partial charge in [-0.15, -0.1) is 0 Å². The van der Waals surface area contributed by atoms with Crippen LogP contribution in [0.5, 0.6) is 11.5 Å². The number of esters is 1. The average Bonchev–Trinajstić information content (AvgIpc) is 2.76. The molecule has 0 fully saturated rings. The number of anilines is 1. The molecule has 7 nitrogen and oxygen atoms in total. The number of rotatable bonds is 3. The Morgan fingerprint density at radius 2 is 2.22 bits per heavy atom. The smallest absolute Gasteiger partial charge is 0.339 e. The summed E-state index contributed by atoms with van der Waals surface area (Å²) >= 11 is 0. The van der Waals surface area contributed by atoms with Crippen LogP contribution in [0.2, 0.25) is 0 Å². The van der Waals surface area contributed by atoms with Gasteiger partial charge in [0.1, 0.15) is 5.56 Å². The number of carboxylic acid groups (broad SMARTS) is 1. The molecule has 0 amide bonds. The van der Waals surface area contributed by atoms with Gasteiger partial charge in [0.2, 0.25) is 6.79 Å². The fraction of sp³-hybridized carbons (Fsp3) is 0.273. The Bertz CT molecular complexity index is 525. The lowest BCUT2D eigenvalue weighted by atomic mass is 10.0. The molecule has 18 heavy (non-hydrogen) atoms. The summed E-state index contributed by atoms with van der Waals surface area (Å²) in [5, 5.41) is 9.11. The van der Waals surface area contributed by atoms with Crippen molar-refractivity contribution in [2.45, 2.75) is 6.92 Å². The van der Waals surface area contributed by atoms with Crippen LogP contribution >= 0.6 is 0 Å². The number of benzene rings is 1. The number of hydrogen-bond donors (Lipinski definition) is 2. The molecule has 0 spiro atoms. The van der Waals surface area contributed by atoms with Crippen LogP contribution in [0.4, 0.5) is 5.69 Å². The molecular weight excluding hydrogens is 242 g/mol. The molecule has 0 bridgehead atoms. The number of carboxylic acids is 1. The molecule has 1 aromatic carbocycles. The number of nitrogen functional groups attached to an aromatic ring is 1. The quantitative estimate of drug-likeness (QED) is 0.607. The zero-order valence-electron chi connectivity index (χ0n) is 9.56. The van der Waals surface area contributed by atoms with Crippen LogP contribution in [0.25, 0.3) is 0 Å². The minimum absolute atomic E-state index is 0.0646. The molecule has 1 aliphatic rings. The van der Waals surface area contributed by atoms with Gasteiger partial charge in [0.15, 0.2) is 11.5 Å². The lowest BCUT2D eigenvalue weighted by Crippen LogP contribution is -2.14. The first kappa shape index (κ1) is 12.0. The number of hydrogen-bond acceptors (Lipinski definition) is 6. The number of carbonyl (C=O) groups excluding carboxylic acids is 1. The Kier molecular flexibility index (Phi) is 2.97. The molecule has 0 aliphatic carbocycles. The lowest BCUT2D eigenvalue weighted by molar-refractivity contribution is 0.0514. The highest BCUT2D eigenvalue weighted by molar-refractivity contribution is 6.08. The second kappa shape index (κ2) is 4.44. The van der Waals surface area contributed by atoms with Gasteiger partial charge in [0.25, 0.3) is 0 Å². The summed E-state index contributed by atoms with van der Waals surface area (Å²) in [6, 6.07) is 1.26. The Morgan fingerprint density at radius 3 is 2.83 bits per heavy atom. The third-order valence-electron chi connectivity index (χ3n) is 2.41. The van der Waals surface area contributed by atoms with Gasteiger partial charge in [-0.05, 0) is 13.0 Å². The largest absolute Gasteiger partial charge is 0.478 e. The van der Waals surface area contributed by atoms with Crippen molar-refractivity contribution in [3.63, 3.8) is 0 Å². The second-order valence-corrected chi connectivity index (χ2v) is 3.47. The van der Waals surface area contributed by atoms with Crippen molar-refractivity contribution in [3.05, 3.63) is 17.2 Å². The van der Waals surface area contributed by atoms with Gasteiger partial charge in [-0.1, -0.05) is 0 Å². The predicted octanol–water partition coefficient (Wildman–Crippen LogP) is 0.872. The van der Waals surface area contributed by atoms with Crippen LogP contribution in [-0.2, 0) is 4.74 Å². The van der Waals surface area contributed by atoms with Gasteiger partial charge in [-0.25, -0.2) is 9.59 Å². The lowest BCUT2D eigenvalue weighted by Gasteiger charge is -2.10. The van der Waals surface area contributed by atoms with E-state index in [4.69, 9.17) is 25.1 Å². The average molecular weight is 253 g/mol. The molecule has 0 atom stereocenters.